The highest BCUT2D eigenvalue weighted by Crippen LogP contribution is 2.54. The zero-order chi connectivity index (χ0) is 19.6. The first-order valence-electron chi connectivity index (χ1n) is 10.5. The molecule has 0 atom stereocenters. The van der Waals surface area contributed by atoms with Gasteiger partial charge in [-0.2, -0.15) is 0 Å². The summed E-state index contributed by atoms with van der Waals surface area (Å²) in [6.45, 7) is 4.43. The molecule has 0 bridgehead atoms. The molecule has 29 heavy (non-hydrogen) atoms. The van der Waals surface area contributed by atoms with Crippen molar-refractivity contribution in [1.82, 2.24) is 0 Å². The topological polar surface area (TPSA) is 0 Å². The summed E-state index contributed by atoms with van der Waals surface area (Å²) in [6.07, 6.45) is 2.09. The lowest BCUT2D eigenvalue weighted by atomic mass is 9.70. The summed E-state index contributed by atoms with van der Waals surface area (Å²) in [5, 5.41) is 0. The fourth-order valence-corrected chi connectivity index (χ4v) is 5.77. The Morgan fingerprint density at radius 3 is 1.45 bits per heavy atom. The van der Waals surface area contributed by atoms with Crippen LogP contribution in [0.2, 0.25) is 0 Å². The number of hydrogen-bond donors (Lipinski definition) is 0. The molecule has 0 aliphatic heterocycles. The second-order valence-electron chi connectivity index (χ2n) is 8.85. The molecule has 0 saturated carbocycles. The van der Waals surface area contributed by atoms with Crippen molar-refractivity contribution in [1.29, 1.82) is 0 Å². The van der Waals surface area contributed by atoms with Crippen LogP contribution in [0.3, 0.4) is 0 Å². The second kappa shape index (κ2) is 5.94. The molecule has 2 aliphatic rings. The highest BCUT2D eigenvalue weighted by atomic mass is 14.5. The summed E-state index contributed by atoms with van der Waals surface area (Å²) in [5.74, 6) is 0. The maximum Gasteiger partial charge on any atom is 0.0296 e. The molecule has 1 spiro atoms. The Balaban J connectivity index is 1.72. The molecule has 0 radical (unpaired) electrons. The smallest absolute Gasteiger partial charge is 0.0296 e. The molecule has 0 heterocycles. The van der Waals surface area contributed by atoms with Gasteiger partial charge in [-0.3, -0.25) is 0 Å². The molecule has 0 unspecified atom stereocenters. The first kappa shape index (κ1) is 16.8. The predicted molar refractivity (Wildman–Crippen MR) is 121 cm³/mol. The van der Waals surface area contributed by atoms with E-state index in [4.69, 9.17) is 0 Å². The van der Waals surface area contributed by atoms with Crippen molar-refractivity contribution >= 4 is 0 Å². The maximum absolute atomic E-state index is 2.41. The lowest BCUT2D eigenvalue weighted by Gasteiger charge is -2.32. The molecule has 4 aromatic carbocycles. The molecule has 0 fully saturated rings. The van der Waals surface area contributed by atoms with Crippen LogP contribution in [0, 0.1) is 13.8 Å². The molecule has 2 aliphatic carbocycles. The first-order valence-corrected chi connectivity index (χ1v) is 10.5. The van der Waals surface area contributed by atoms with Gasteiger partial charge >= 0.3 is 0 Å². The summed E-state index contributed by atoms with van der Waals surface area (Å²) in [5.41, 5.74) is 14.2. The highest BCUT2D eigenvalue weighted by Gasteiger charge is 2.44. The van der Waals surface area contributed by atoms with E-state index in [1.54, 1.807) is 0 Å². The van der Waals surface area contributed by atoms with Gasteiger partial charge in [-0.05, 0) is 71.2 Å². The van der Waals surface area contributed by atoms with E-state index in [1.165, 1.54) is 55.6 Å². The second-order valence-corrected chi connectivity index (χ2v) is 8.85. The largest absolute Gasteiger partial charge is 0.0619 e. The van der Waals surface area contributed by atoms with Gasteiger partial charge in [-0.1, -0.05) is 96.1 Å². The predicted octanol–water partition coefficient (Wildman–Crippen LogP) is 7.04. The van der Waals surface area contributed by atoms with Crippen LogP contribution >= 0.6 is 0 Å². The van der Waals surface area contributed by atoms with Crippen molar-refractivity contribution in [3.63, 3.8) is 0 Å². The Bertz CT molecular complexity index is 1170. The summed E-state index contributed by atoms with van der Waals surface area (Å²) in [4.78, 5) is 0. The Labute approximate surface area is 172 Å². The van der Waals surface area contributed by atoms with Crippen molar-refractivity contribution < 1.29 is 0 Å². The molecule has 0 amide bonds. The Kier molecular flexibility index (Phi) is 3.44. The van der Waals surface area contributed by atoms with E-state index in [9.17, 15) is 0 Å². The number of fused-ring (bicyclic) bond motifs is 8. The average Bonchev–Trinajstić information content (AvgIpc) is 2.90. The highest BCUT2D eigenvalue weighted by molar-refractivity contribution is 5.83. The van der Waals surface area contributed by atoms with Gasteiger partial charge in [0.05, 0.1) is 0 Å². The van der Waals surface area contributed by atoms with Crippen molar-refractivity contribution in [2.75, 3.05) is 0 Å². The van der Waals surface area contributed by atoms with Crippen LogP contribution < -0.4 is 0 Å². The number of aryl methyl sites for hydroxylation is 2. The van der Waals surface area contributed by atoms with Crippen LogP contribution in [0.25, 0.3) is 22.3 Å². The van der Waals surface area contributed by atoms with E-state index >= 15 is 0 Å². The molecule has 0 aromatic heterocycles. The van der Waals surface area contributed by atoms with Crippen LogP contribution in [0.15, 0.2) is 84.9 Å². The fourth-order valence-electron chi connectivity index (χ4n) is 5.77. The van der Waals surface area contributed by atoms with E-state index in [0.717, 1.165) is 12.8 Å². The zero-order valence-corrected chi connectivity index (χ0v) is 17.0. The van der Waals surface area contributed by atoms with Crippen LogP contribution in [0.5, 0.6) is 0 Å². The van der Waals surface area contributed by atoms with Crippen molar-refractivity contribution in [3.05, 3.63) is 118 Å². The van der Waals surface area contributed by atoms with Gasteiger partial charge in [0.2, 0.25) is 0 Å². The minimum absolute atomic E-state index is 0.00519. The average molecular weight is 373 g/mol. The summed E-state index contributed by atoms with van der Waals surface area (Å²) >= 11 is 0. The molecule has 6 rings (SSSR count). The Hall–Kier alpha value is -3.12. The molecule has 4 aromatic rings. The van der Waals surface area contributed by atoms with E-state index in [-0.39, 0.29) is 5.41 Å². The van der Waals surface area contributed by atoms with E-state index in [1.807, 2.05) is 0 Å². The molecular weight excluding hydrogens is 348 g/mol. The minimum atomic E-state index is -0.00519. The van der Waals surface area contributed by atoms with Gasteiger partial charge in [0.25, 0.3) is 0 Å². The van der Waals surface area contributed by atoms with E-state index in [0.29, 0.717) is 0 Å². The third-order valence-corrected chi connectivity index (χ3v) is 6.97. The lowest BCUT2D eigenvalue weighted by molar-refractivity contribution is 0.525. The zero-order valence-electron chi connectivity index (χ0n) is 17.0. The van der Waals surface area contributed by atoms with Crippen LogP contribution in [0.1, 0.15) is 33.4 Å². The van der Waals surface area contributed by atoms with Crippen LogP contribution in [0.4, 0.5) is 0 Å². The SMILES string of the molecule is Cc1ccc2c(c1)CC1(Cc3cc(C)ccc3-2)c2ccccc2-c2ccccc21. The summed E-state index contributed by atoms with van der Waals surface area (Å²) < 4.78 is 0. The standard InChI is InChI=1S/C29H24/c1-19-11-13-23-21(15-19)17-29(18-22-16-20(2)12-14-24(22)23)27-9-5-3-7-25(27)26-8-4-6-10-28(26)29/h3-16H,17-18H2,1-2H3. The normalized spacial score (nSPS) is 15.2. The fraction of sp³-hybridized carbons (Fsp3) is 0.172. The van der Waals surface area contributed by atoms with Gasteiger partial charge in [0.1, 0.15) is 0 Å². The monoisotopic (exact) mass is 372 g/mol. The van der Waals surface area contributed by atoms with E-state index < -0.39 is 0 Å². The quantitative estimate of drug-likeness (QED) is 0.311. The van der Waals surface area contributed by atoms with Crippen molar-refractivity contribution in [2.45, 2.75) is 32.1 Å². The minimum Gasteiger partial charge on any atom is -0.0619 e. The molecule has 0 saturated heterocycles. The van der Waals surface area contributed by atoms with Crippen molar-refractivity contribution in [2.24, 2.45) is 0 Å². The number of rotatable bonds is 0. The van der Waals surface area contributed by atoms with Crippen LogP contribution in [-0.4, -0.2) is 0 Å². The van der Waals surface area contributed by atoms with Gasteiger partial charge < -0.3 is 0 Å². The molecule has 0 heteroatoms. The molecule has 140 valence electrons. The van der Waals surface area contributed by atoms with Gasteiger partial charge in [-0.25, -0.2) is 0 Å². The number of hydrogen-bond acceptors (Lipinski definition) is 0. The maximum atomic E-state index is 2.41. The van der Waals surface area contributed by atoms with E-state index in [2.05, 4.69) is 98.8 Å². The van der Waals surface area contributed by atoms with Gasteiger partial charge in [-0.15, -0.1) is 0 Å². The lowest BCUT2D eigenvalue weighted by Crippen LogP contribution is -2.30. The Morgan fingerprint density at radius 1 is 0.517 bits per heavy atom. The summed E-state index contributed by atoms with van der Waals surface area (Å²) in [7, 11) is 0. The number of benzene rings is 4. The molecule has 0 N–H and O–H groups in total. The molecule has 0 nitrogen and oxygen atoms in total. The third-order valence-electron chi connectivity index (χ3n) is 6.97. The van der Waals surface area contributed by atoms with Crippen molar-refractivity contribution in [3.8, 4) is 22.3 Å². The first-order chi connectivity index (χ1) is 14.2. The van der Waals surface area contributed by atoms with Gasteiger partial charge in [0.15, 0.2) is 0 Å². The third kappa shape index (κ3) is 2.32. The van der Waals surface area contributed by atoms with Gasteiger partial charge in [0, 0.05) is 5.41 Å². The molecular formula is C29H24. The van der Waals surface area contributed by atoms with Crippen LogP contribution in [-0.2, 0) is 18.3 Å². The summed E-state index contributed by atoms with van der Waals surface area (Å²) in [6, 6.07) is 32.2. The Morgan fingerprint density at radius 2 is 0.966 bits per heavy atom.